The van der Waals surface area contributed by atoms with E-state index in [1.165, 1.54) is 12.1 Å². The number of hydrogen-bond acceptors (Lipinski definition) is 1. The molecule has 0 aliphatic heterocycles. The fraction of sp³-hybridized carbons (Fsp3) is 0.0714. The quantitative estimate of drug-likeness (QED) is 0.607. The van der Waals surface area contributed by atoms with Crippen LogP contribution in [0, 0.1) is 23.3 Å². The van der Waals surface area contributed by atoms with Crippen molar-refractivity contribution in [2.45, 2.75) is 6.92 Å². The van der Waals surface area contributed by atoms with E-state index in [2.05, 4.69) is 20.9 Å². The van der Waals surface area contributed by atoms with Gasteiger partial charge in [0.25, 0.3) is 0 Å². The summed E-state index contributed by atoms with van der Waals surface area (Å²) in [5.74, 6) is -0.779. The highest BCUT2D eigenvalue weighted by molar-refractivity contribution is 9.10. The number of nitrogens with one attached hydrogen (secondary N) is 1. The van der Waals surface area contributed by atoms with Gasteiger partial charge in [-0.15, -0.1) is 0 Å². The number of fused-ring (bicyclic) bond motifs is 1. The number of nitrogens with zero attached hydrogens (tertiary/aromatic N) is 1. The third-order valence-corrected chi connectivity index (χ3v) is 3.96. The zero-order chi connectivity index (χ0) is 14.4. The molecular weight excluding hydrogens is 346 g/mol. The van der Waals surface area contributed by atoms with Gasteiger partial charge in [-0.05, 0) is 58.8 Å². The molecule has 1 N–H and O–H groups in total. The van der Waals surface area contributed by atoms with Gasteiger partial charge in [-0.1, -0.05) is 6.07 Å². The summed E-state index contributed by atoms with van der Waals surface area (Å²) in [6, 6.07) is 7.70. The second kappa shape index (κ2) is 4.79. The highest BCUT2D eigenvalue weighted by atomic mass is 79.9. The van der Waals surface area contributed by atoms with Crippen molar-refractivity contribution in [3.05, 3.63) is 56.8 Å². The molecule has 0 atom stereocenters. The Morgan fingerprint density at radius 2 is 1.90 bits per heavy atom. The molecule has 6 heteroatoms. The third kappa shape index (κ3) is 2.09. The molecule has 0 unspecified atom stereocenters. The summed E-state index contributed by atoms with van der Waals surface area (Å²) in [5, 5.41) is 0. The van der Waals surface area contributed by atoms with E-state index >= 15 is 0 Å². The van der Waals surface area contributed by atoms with Crippen LogP contribution in [0.15, 0.2) is 34.8 Å². The van der Waals surface area contributed by atoms with Gasteiger partial charge in [0.15, 0.2) is 4.77 Å². The molecule has 0 aliphatic carbocycles. The number of rotatable bonds is 1. The molecule has 1 aromatic heterocycles. The maximum atomic E-state index is 14.1. The van der Waals surface area contributed by atoms with Crippen molar-refractivity contribution >= 4 is 39.2 Å². The summed E-state index contributed by atoms with van der Waals surface area (Å²) in [4.78, 5) is 2.89. The van der Waals surface area contributed by atoms with E-state index in [1.54, 1.807) is 22.8 Å². The lowest BCUT2D eigenvalue weighted by atomic mass is 10.2. The van der Waals surface area contributed by atoms with Crippen LogP contribution in [0.4, 0.5) is 8.78 Å². The normalized spacial score (nSPS) is 11.2. The van der Waals surface area contributed by atoms with E-state index in [-0.39, 0.29) is 5.82 Å². The standard InChI is InChI=1S/C14H9BrF2N2S/c1-7-2-3-9(16)12(4-7)19-13-5-8(15)10(17)6-11(13)18-14(19)20/h2-6H,1H3,(H,18,20). The molecule has 0 saturated heterocycles. The molecule has 0 saturated carbocycles. The van der Waals surface area contributed by atoms with Crippen molar-refractivity contribution in [3.8, 4) is 5.69 Å². The fourth-order valence-electron chi connectivity index (χ4n) is 2.14. The molecule has 0 spiro atoms. The summed E-state index contributed by atoms with van der Waals surface area (Å²) in [6.45, 7) is 1.87. The SMILES string of the molecule is Cc1ccc(F)c(-n2c(=S)[nH]c3cc(F)c(Br)cc32)c1. The van der Waals surface area contributed by atoms with Crippen molar-refractivity contribution < 1.29 is 8.78 Å². The zero-order valence-electron chi connectivity index (χ0n) is 10.4. The molecule has 3 rings (SSSR count). The van der Waals surface area contributed by atoms with Crippen LogP contribution in [0.1, 0.15) is 5.56 Å². The number of benzene rings is 2. The first kappa shape index (κ1) is 13.5. The monoisotopic (exact) mass is 354 g/mol. The van der Waals surface area contributed by atoms with Gasteiger partial charge in [-0.25, -0.2) is 8.78 Å². The highest BCUT2D eigenvalue weighted by Gasteiger charge is 2.13. The second-order valence-corrected chi connectivity index (χ2v) is 5.74. The molecule has 2 aromatic carbocycles. The molecule has 102 valence electrons. The lowest BCUT2D eigenvalue weighted by molar-refractivity contribution is 0.618. The predicted molar refractivity (Wildman–Crippen MR) is 80.8 cm³/mol. The Kier molecular flexibility index (Phi) is 3.22. The van der Waals surface area contributed by atoms with Gasteiger partial charge in [-0.3, -0.25) is 4.57 Å². The molecule has 20 heavy (non-hydrogen) atoms. The van der Waals surface area contributed by atoms with Gasteiger partial charge in [0.1, 0.15) is 11.6 Å². The van der Waals surface area contributed by atoms with Gasteiger partial charge < -0.3 is 4.98 Å². The molecule has 1 heterocycles. The van der Waals surface area contributed by atoms with Crippen LogP contribution in [-0.2, 0) is 0 Å². The van der Waals surface area contributed by atoms with E-state index in [9.17, 15) is 8.78 Å². The summed E-state index contributed by atoms with van der Waals surface area (Å²) in [5.41, 5.74) is 2.41. The average molecular weight is 355 g/mol. The van der Waals surface area contributed by atoms with Crippen molar-refractivity contribution in [1.29, 1.82) is 0 Å². The lowest BCUT2D eigenvalue weighted by Gasteiger charge is -2.07. The van der Waals surface area contributed by atoms with Crippen LogP contribution in [0.5, 0.6) is 0 Å². The van der Waals surface area contributed by atoms with Gasteiger partial charge in [0.2, 0.25) is 0 Å². The minimum Gasteiger partial charge on any atom is -0.330 e. The van der Waals surface area contributed by atoms with Gasteiger partial charge in [-0.2, -0.15) is 0 Å². The molecule has 0 amide bonds. The number of aromatic amines is 1. The van der Waals surface area contributed by atoms with Crippen LogP contribution >= 0.6 is 28.1 Å². The van der Waals surface area contributed by atoms with Crippen LogP contribution in [0.2, 0.25) is 0 Å². The average Bonchev–Trinajstić information content (AvgIpc) is 2.69. The Morgan fingerprint density at radius 1 is 1.15 bits per heavy atom. The van der Waals surface area contributed by atoms with E-state index in [1.807, 2.05) is 6.92 Å². The molecule has 3 aromatic rings. The van der Waals surface area contributed by atoms with Crippen molar-refractivity contribution in [3.63, 3.8) is 0 Å². The first-order valence-electron chi connectivity index (χ1n) is 5.83. The Labute approximate surface area is 127 Å². The molecular formula is C14H9BrF2N2S. The van der Waals surface area contributed by atoms with Crippen molar-refractivity contribution in [1.82, 2.24) is 9.55 Å². The van der Waals surface area contributed by atoms with Crippen LogP contribution in [0.25, 0.3) is 16.7 Å². The minimum atomic E-state index is -0.398. The number of aromatic nitrogens is 2. The maximum Gasteiger partial charge on any atom is 0.182 e. The highest BCUT2D eigenvalue weighted by Crippen LogP contribution is 2.27. The summed E-state index contributed by atoms with van der Waals surface area (Å²) < 4.78 is 29.8. The molecule has 0 radical (unpaired) electrons. The molecule has 2 nitrogen and oxygen atoms in total. The summed E-state index contributed by atoms with van der Waals surface area (Å²) in [6.07, 6.45) is 0. The summed E-state index contributed by atoms with van der Waals surface area (Å²) >= 11 is 8.36. The topological polar surface area (TPSA) is 20.7 Å². The first-order valence-corrected chi connectivity index (χ1v) is 7.04. The van der Waals surface area contributed by atoms with Gasteiger partial charge in [0, 0.05) is 6.07 Å². The van der Waals surface area contributed by atoms with E-state index in [0.29, 0.717) is 26.0 Å². The Balaban J connectivity index is 2.42. The van der Waals surface area contributed by atoms with E-state index in [0.717, 1.165) is 5.56 Å². The Morgan fingerprint density at radius 3 is 2.65 bits per heavy atom. The second-order valence-electron chi connectivity index (χ2n) is 4.50. The maximum absolute atomic E-state index is 14.1. The molecule has 0 fully saturated rings. The fourth-order valence-corrected chi connectivity index (χ4v) is 2.77. The lowest BCUT2D eigenvalue weighted by Crippen LogP contribution is -1.98. The number of hydrogen-bond donors (Lipinski definition) is 1. The summed E-state index contributed by atoms with van der Waals surface area (Å²) in [7, 11) is 0. The molecule has 0 bridgehead atoms. The van der Waals surface area contributed by atoms with Gasteiger partial charge in [0.05, 0.1) is 21.2 Å². The van der Waals surface area contributed by atoms with Crippen LogP contribution in [0.3, 0.4) is 0 Å². The minimum absolute atomic E-state index is 0.306. The number of halogens is 3. The Bertz CT molecular complexity index is 883. The largest absolute Gasteiger partial charge is 0.330 e. The number of aryl methyl sites for hydroxylation is 1. The van der Waals surface area contributed by atoms with E-state index in [4.69, 9.17) is 12.2 Å². The Hall–Kier alpha value is -1.53. The van der Waals surface area contributed by atoms with Crippen LogP contribution in [-0.4, -0.2) is 9.55 Å². The number of imidazole rings is 1. The predicted octanol–water partition coefficient (Wildman–Crippen LogP) is 5.04. The van der Waals surface area contributed by atoms with E-state index < -0.39 is 5.82 Å². The molecule has 0 aliphatic rings. The van der Waals surface area contributed by atoms with Crippen molar-refractivity contribution in [2.75, 3.05) is 0 Å². The first-order chi connectivity index (χ1) is 9.47. The van der Waals surface area contributed by atoms with Crippen molar-refractivity contribution in [2.24, 2.45) is 0 Å². The zero-order valence-corrected chi connectivity index (χ0v) is 12.8. The smallest absolute Gasteiger partial charge is 0.182 e. The third-order valence-electron chi connectivity index (χ3n) is 3.07. The van der Waals surface area contributed by atoms with Gasteiger partial charge >= 0.3 is 0 Å². The van der Waals surface area contributed by atoms with Crippen LogP contribution < -0.4 is 0 Å². The number of H-pyrrole nitrogens is 1.